The van der Waals surface area contributed by atoms with Gasteiger partial charge in [0, 0.05) is 59.6 Å². The van der Waals surface area contributed by atoms with Crippen molar-refractivity contribution >= 4 is 27.8 Å². The Morgan fingerprint density at radius 1 is 1.10 bits per heavy atom. The molecular formula is C18H27N5O6S. The Labute approximate surface area is 176 Å². The second-order valence-corrected chi connectivity index (χ2v) is 9.11. The zero-order valence-corrected chi connectivity index (χ0v) is 18.2. The quantitative estimate of drug-likeness (QED) is 0.585. The molecule has 12 heteroatoms. The van der Waals surface area contributed by atoms with Crippen LogP contribution in [-0.2, 0) is 19.5 Å². The number of nitrogens with zero attached hydrogens (tertiary/aromatic N) is 5. The fourth-order valence-corrected chi connectivity index (χ4v) is 5.01. The fourth-order valence-electron chi connectivity index (χ4n) is 3.41. The van der Waals surface area contributed by atoms with Gasteiger partial charge < -0.3 is 24.2 Å². The van der Waals surface area contributed by atoms with Gasteiger partial charge in [0.05, 0.1) is 25.9 Å². The minimum Gasteiger partial charge on any atom is -0.465 e. The first kappa shape index (κ1) is 22.2. The highest BCUT2D eigenvalue weighted by Crippen LogP contribution is 2.28. The molecule has 11 nitrogen and oxygen atoms in total. The third-order valence-corrected chi connectivity index (χ3v) is 6.98. The van der Waals surface area contributed by atoms with Gasteiger partial charge in [-0.05, 0) is 6.07 Å². The molecule has 3 rings (SSSR count). The summed E-state index contributed by atoms with van der Waals surface area (Å²) < 4.78 is 38.0. The molecule has 2 aliphatic heterocycles. The van der Waals surface area contributed by atoms with Crippen LogP contribution < -0.4 is 4.90 Å². The highest BCUT2D eigenvalue weighted by atomic mass is 32.2. The maximum Gasteiger partial charge on any atom is 0.339 e. The first-order chi connectivity index (χ1) is 14.3. The number of piperazine rings is 1. The van der Waals surface area contributed by atoms with Gasteiger partial charge in [0.25, 0.3) is 0 Å². The number of carbonyl (C=O) groups is 2. The van der Waals surface area contributed by atoms with Crippen LogP contribution in [0, 0.1) is 0 Å². The predicted octanol–water partition coefficient (Wildman–Crippen LogP) is -0.307. The number of hydrogen-bond acceptors (Lipinski definition) is 8. The number of anilines is 1. The van der Waals surface area contributed by atoms with Crippen molar-refractivity contribution < 1.29 is 27.5 Å². The van der Waals surface area contributed by atoms with E-state index in [9.17, 15) is 18.0 Å². The van der Waals surface area contributed by atoms with Gasteiger partial charge in [-0.2, -0.15) is 4.31 Å². The number of pyridine rings is 1. The monoisotopic (exact) mass is 441 g/mol. The van der Waals surface area contributed by atoms with Crippen molar-refractivity contribution in [2.24, 2.45) is 0 Å². The van der Waals surface area contributed by atoms with E-state index in [1.165, 1.54) is 28.6 Å². The summed E-state index contributed by atoms with van der Waals surface area (Å²) in [6.45, 7) is 2.81. The molecule has 2 aliphatic rings. The molecule has 30 heavy (non-hydrogen) atoms. The second-order valence-electron chi connectivity index (χ2n) is 7.20. The number of urea groups is 1. The minimum absolute atomic E-state index is 0.0420. The van der Waals surface area contributed by atoms with Crippen LogP contribution in [0.4, 0.5) is 10.6 Å². The van der Waals surface area contributed by atoms with Crippen LogP contribution in [0.15, 0.2) is 17.2 Å². The number of rotatable bonds is 4. The molecule has 1 aromatic rings. The Kier molecular flexibility index (Phi) is 6.78. The predicted molar refractivity (Wildman–Crippen MR) is 108 cm³/mol. The third kappa shape index (κ3) is 4.50. The zero-order chi connectivity index (χ0) is 21.9. The maximum atomic E-state index is 13.4. The van der Waals surface area contributed by atoms with Crippen molar-refractivity contribution in [3.63, 3.8) is 0 Å². The molecule has 3 heterocycles. The standard InChI is InChI=1S/C18H27N5O6S/c1-20(2)18(25)22-6-4-21(5-7-22)16-15(12-14(13-19-16)17(24)28-3)30(26,27)23-8-10-29-11-9-23/h12-13H,4-11H2,1-3H3. The summed E-state index contributed by atoms with van der Waals surface area (Å²) in [4.78, 5) is 33.5. The lowest BCUT2D eigenvalue weighted by atomic mass is 10.2. The summed E-state index contributed by atoms with van der Waals surface area (Å²) >= 11 is 0. The summed E-state index contributed by atoms with van der Waals surface area (Å²) in [6.07, 6.45) is 1.32. The van der Waals surface area contributed by atoms with E-state index in [0.29, 0.717) is 39.4 Å². The number of esters is 1. The number of aromatic nitrogens is 1. The lowest BCUT2D eigenvalue weighted by Crippen LogP contribution is -2.52. The summed E-state index contributed by atoms with van der Waals surface area (Å²) in [5, 5.41) is 0. The number of sulfonamides is 1. The Balaban J connectivity index is 1.92. The molecule has 0 atom stereocenters. The van der Waals surface area contributed by atoms with Gasteiger partial charge >= 0.3 is 12.0 Å². The minimum atomic E-state index is -3.90. The van der Waals surface area contributed by atoms with Crippen molar-refractivity contribution in [2.75, 3.05) is 78.6 Å². The molecule has 0 N–H and O–H groups in total. The van der Waals surface area contributed by atoms with E-state index in [2.05, 4.69) is 4.98 Å². The molecule has 0 aliphatic carbocycles. The lowest BCUT2D eigenvalue weighted by molar-refractivity contribution is 0.0599. The Hall–Kier alpha value is -2.44. The van der Waals surface area contributed by atoms with E-state index in [0.717, 1.165) is 0 Å². The normalized spacial score (nSPS) is 18.2. The van der Waals surface area contributed by atoms with Crippen LogP contribution in [0.5, 0.6) is 0 Å². The van der Waals surface area contributed by atoms with Crippen LogP contribution >= 0.6 is 0 Å². The number of morpholine rings is 1. The average molecular weight is 442 g/mol. The van der Waals surface area contributed by atoms with Gasteiger partial charge in [0.2, 0.25) is 10.0 Å². The van der Waals surface area contributed by atoms with Crippen LogP contribution in [0.25, 0.3) is 0 Å². The van der Waals surface area contributed by atoms with Gasteiger partial charge in [0.15, 0.2) is 0 Å². The molecule has 0 aromatic carbocycles. The number of hydrogen-bond donors (Lipinski definition) is 0. The summed E-state index contributed by atoms with van der Waals surface area (Å²) in [7, 11) is 0.711. The van der Waals surface area contributed by atoms with Crippen molar-refractivity contribution in [2.45, 2.75) is 4.90 Å². The molecule has 0 radical (unpaired) electrons. The topological polar surface area (TPSA) is 113 Å². The van der Waals surface area contributed by atoms with E-state index in [1.807, 2.05) is 4.90 Å². The molecule has 0 spiro atoms. The number of ether oxygens (including phenoxy) is 2. The molecule has 0 saturated carbocycles. The summed E-state index contributed by atoms with van der Waals surface area (Å²) in [6, 6.07) is 1.22. The molecule has 2 saturated heterocycles. The lowest BCUT2D eigenvalue weighted by Gasteiger charge is -2.37. The molecule has 2 fully saturated rings. The van der Waals surface area contributed by atoms with Crippen molar-refractivity contribution in [3.8, 4) is 0 Å². The van der Waals surface area contributed by atoms with Crippen LogP contribution in [0.3, 0.4) is 0 Å². The fraction of sp³-hybridized carbons (Fsp3) is 0.611. The number of amides is 2. The van der Waals surface area contributed by atoms with Crippen molar-refractivity contribution in [1.82, 2.24) is 19.1 Å². The Bertz CT molecular complexity index is 892. The summed E-state index contributed by atoms with van der Waals surface area (Å²) in [5.74, 6) is -0.389. The van der Waals surface area contributed by atoms with Crippen LogP contribution in [0.1, 0.15) is 10.4 Å². The van der Waals surface area contributed by atoms with Crippen LogP contribution in [0.2, 0.25) is 0 Å². The zero-order valence-electron chi connectivity index (χ0n) is 17.4. The molecule has 0 bridgehead atoms. The first-order valence-electron chi connectivity index (χ1n) is 9.63. The van der Waals surface area contributed by atoms with Crippen molar-refractivity contribution in [1.29, 1.82) is 0 Å². The Morgan fingerprint density at radius 3 is 2.30 bits per heavy atom. The number of carbonyl (C=O) groups excluding carboxylic acids is 2. The molecule has 2 amide bonds. The van der Waals surface area contributed by atoms with E-state index in [-0.39, 0.29) is 35.4 Å². The van der Waals surface area contributed by atoms with E-state index < -0.39 is 16.0 Å². The largest absolute Gasteiger partial charge is 0.465 e. The SMILES string of the molecule is COC(=O)c1cnc(N2CCN(C(=O)N(C)C)CC2)c(S(=O)(=O)N2CCOCC2)c1. The van der Waals surface area contributed by atoms with Crippen LogP contribution in [-0.4, -0.2) is 113 Å². The van der Waals surface area contributed by atoms with Crippen molar-refractivity contribution in [3.05, 3.63) is 17.8 Å². The average Bonchev–Trinajstić information content (AvgIpc) is 2.78. The smallest absolute Gasteiger partial charge is 0.339 e. The maximum absolute atomic E-state index is 13.4. The first-order valence-corrected chi connectivity index (χ1v) is 11.1. The number of methoxy groups -OCH3 is 1. The van der Waals surface area contributed by atoms with Gasteiger partial charge in [-0.3, -0.25) is 0 Å². The second kappa shape index (κ2) is 9.14. The highest BCUT2D eigenvalue weighted by molar-refractivity contribution is 7.89. The molecular weight excluding hydrogens is 414 g/mol. The molecule has 0 unspecified atom stereocenters. The molecule has 1 aromatic heterocycles. The van der Waals surface area contributed by atoms with Gasteiger partial charge in [0.1, 0.15) is 10.7 Å². The van der Waals surface area contributed by atoms with Gasteiger partial charge in [-0.15, -0.1) is 0 Å². The summed E-state index contributed by atoms with van der Waals surface area (Å²) in [5.41, 5.74) is 0.0644. The van der Waals surface area contributed by atoms with E-state index in [1.54, 1.807) is 19.0 Å². The van der Waals surface area contributed by atoms with Gasteiger partial charge in [-0.25, -0.2) is 23.0 Å². The Morgan fingerprint density at radius 2 is 1.73 bits per heavy atom. The third-order valence-electron chi connectivity index (χ3n) is 5.07. The highest BCUT2D eigenvalue weighted by Gasteiger charge is 2.33. The van der Waals surface area contributed by atoms with E-state index >= 15 is 0 Å². The molecule has 166 valence electrons. The van der Waals surface area contributed by atoms with E-state index in [4.69, 9.17) is 9.47 Å². The van der Waals surface area contributed by atoms with Gasteiger partial charge in [-0.1, -0.05) is 0 Å².